The van der Waals surface area contributed by atoms with Gasteiger partial charge in [0, 0.05) is 30.9 Å². The Kier molecular flexibility index (Phi) is 31.8. The molecule has 2 fully saturated rings. The second-order valence-corrected chi connectivity index (χ2v) is 19.7. The number of unbranched alkanes of at least 4 members (excludes halogenated alkanes) is 13. The van der Waals surface area contributed by atoms with Crippen LogP contribution >= 0.6 is 0 Å². The van der Waals surface area contributed by atoms with E-state index in [-0.39, 0.29) is 31.0 Å². The van der Waals surface area contributed by atoms with Crippen molar-refractivity contribution in [2.45, 2.75) is 198 Å². The summed E-state index contributed by atoms with van der Waals surface area (Å²) in [4.78, 5) is 13.4. The smallest absolute Gasteiger partial charge is 0.338 e. The van der Waals surface area contributed by atoms with Crippen LogP contribution in [0.4, 0.5) is 0 Å². The number of hydrogen-bond donors (Lipinski definition) is 9. The summed E-state index contributed by atoms with van der Waals surface area (Å²) in [7, 11) is 0. The van der Waals surface area contributed by atoms with Crippen molar-refractivity contribution in [1.82, 2.24) is 5.01 Å². The number of hydrogen-bond acceptors (Lipinski definition) is 20. The number of aliphatic hydroxyl groups is 6. The maximum atomic E-state index is 13.4. The monoisotopic (exact) mass is 1030 g/mol. The average molecular weight is 1030 g/mol. The number of carbonyl (C=O) groups excluding carboxylic acids is 1. The Hall–Kier alpha value is -2.93. The number of benzene rings is 1. The Labute approximate surface area is 428 Å². The summed E-state index contributed by atoms with van der Waals surface area (Å²) in [6.07, 6.45) is 2.34. The second-order valence-electron chi connectivity index (χ2n) is 19.7. The molecule has 0 radical (unpaired) electrons. The van der Waals surface area contributed by atoms with Crippen molar-refractivity contribution >= 4 is 5.97 Å². The summed E-state index contributed by atoms with van der Waals surface area (Å²) in [5, 5.41) is 66.3. The van der Waals surface area contributed by atoms with Crippen LogP contribution in [-0.2, 0) is 33.2 Å². The maximum Gasteiger partial charge on any atom is 0.338 e. The summed E-state index contributed by atoms with van der Waals surface area (Å²) < 4.78 is 52.9. The van der Waals surface area contributed by atoms with Gasteiger partial charge in [0.15, 0.2) is 12.6 Å². The first-order chi connectivity index (χ1) is 34.7. The number of carbonyl (C=O) groups is 1. The quantitative estimate of drug-likeness (QED) is 0.0195. The van der Waals surface area contributed by atoms with Gasteiger partial charge in [-0.1, -0.05) is 105 Å². The zero-order chi connectivity index (χ0) is 52.7. The molecule has 0 aliphatic carbocycles. The molecule has 2 saturated heterocycles. The highest BCUT2D eigenvalue weighted by Gasteiger charge is 2.50. The fourth-order valence-corrected chi connectivity index (χ4v) is 8.21. The Balaban J connectivity index is 1.58. The number of aliphatic hydroxyl groups excluding tert-OH is 6. The molecule has 0 spiro atoms. The van der Waals surface area contributed by atoms with Gasteiger partial charge in [-0.05, 0) is 50.8 Å². The van der Waals surface area contributed by atoms with Crippen LogP contribution in [0.5, 0.6) is 11.5 Å². The fourth-order valence-electron chi connectivity index (χ4n) is 8.21. The summed E-state index contributed by atoms with van der Waals surface area (Å²) in [5.74, 6) is 6.30. The molecule has 1 aromatic carbocycles. The van der Waals surface area contributed by atoms with Gasteiger partial charge in [0.05, 0.1) is 57.4 Å². The zero-order valence-corrected chi connectivity index (χ0v) is 43.8. The predicted octanol–water partition coefficient (Wildman–Crippen LogP) is 3.91. The highest BCUT2D eigenvalue weighted by molar-refractivity contribution is 5.90. The zero-order valence-electron chi connectivity index (χ0n) is 43.8. The molecule has 2 heterocycles. The van der Waals surface area contributed by atoms with Gasteiger partial charge >= 0.3 is 5.97 Å². The molecule has 3 rings (SSSR count). The van der Waals surface area contributed by atoms with Gasteiger partial charge in [0.1, 0.15) is 66.9 Å². The highest BCUT2D eigenvalue weighted by Crippen LogP contribution is 2.30. The van der Waals surface area contributed by atoms with Gasteiger partial charge in [-0.2, -0.15) is 0 Å². The molecule has 0 amide bonds. The molecular weight excluding hydrogens is 937 g/mol. The third kappa shape index (κ3) is 23.7. The molecule has 72 heavy (non-hydrogen) atoms. The maximum absolute atomic E-state index is 13.4. The second kappa shape index (κ2) is 36.1. The van der Waals surface area contributed by atoms with Crippen LogP contribution < -0.4 is 26.8 Å². The molecule has 418 valence electrons. The molecule has 11 atom stereocenters. The molecule has 12 N–H and O–H groups in total. The van der Waals surface area contributed by atoms with E-state index in [9.17, 15) is 35.4 Å². The van der Waals surface area contributed by atoms with Gasteiger partial charge in [0.25, 0.3) is 0 Å². The Morgan fingerprint density at radius 2 is 1.08 bits per heavy atom. The summed E-state index contributed by atoms with van der Waals surface area (Å²) in [5.41, 5.74) is 11.8. The molecule has 0 aromatic heterocycles. The van der Waals surface area contributed by atoms with Crippen molar-refractivity contribution in [3.05, 3.63) is 35.7 Å². The van der Waals surface area contributed by atoms with Crippen molar-refractivity contribution in [3.8, 4) is 11.5 Å². The number of nitrogens with two attached hydrogens (primary N) is 3. The Bertz CT molecular complexity index is 1590. The minimum absolute atomic E-state index is 0.00262. The van der Waals surface area contributed by atoms with Crippen LogP contribution in [-0.4, -0.2) is 176 Å². The van der Waals surface area contributed by atoms with E-state index in [2.05, 4.69) is 20.8 Å². The van der Waals surface area contributed by atoms with Gasteiger partial charge in [-0.3, -0.25) is 0 Å². The van der Waals surface area contributed by atoms with Gasteiger partial charge < -0.3 is 89.7 Å². The Morgan fingerprint density at radius 1 is 0.625 bits per heavy atom. The van der Waals surface area contributed by atoms with Crippen molar-refractivity contribution in [3.63, 3.8) is 0 Å². The van der Waals surface area contributed by atoms with E-state index in [0.29, 0.717) is 57.7 Å². The minimum Gasteiger partial charge on any atom is -0.493 e. The van der Waals surface area contributed by atoms with Crippen molar-refractivity contribution in [2.75, 3.05) is 72.6 Å². The third-order valence-corrected chi connectivity index (χ3v) is 12.6. The molecule has 0 bridgehead atoms. The number of hydrazine groups is 1. The van der Waals surface area contributed by atoms with E-state index < -0.39 is 79.4 Å². The molecular formula is C52H94N4O16. The summed E-state index contributed by atoms with van der Waals surface area (Å²) in [6.45, 7) is 11.6. The number of esters is 1. The van der Waals surface area contributed by atoms with Crippen LogP contribution in [0.15, 0.2) is 30.1 Å². The number of ether oxygens (including phenoxy) is 9. The number of rotatable bonds is 40. The van der Waals surface area contributed by atoms with Crippen LogP contribution in [0.1, 0.15) is 147 Å². The van der Waals surface area contributed by atoms with Gasteiger partial charge in [0.2, 0.25) is 0 Å². The normalized spacial score (nSPS) is 25.5. The molecule has 1 aromatic rings. The van der Waals surface area contributed by atoms with E-state index in [4.69, 9.17) is 59.9 Å². The first-order valence-corrected chi connectivity index (χ1v) is 26.7. The third-order valence-electron chi connectivity index (χ3n) is 12.6. The van der Waals surface area contributed by atoms with Crippen LogP contribution in [0.3, 0.4) is 0 Å². The first kappa shape index (κ1) is 63.4. The molecule has 0 saturated carbocycles. The van der Waals surface area contributed by atoms with E-state index in [1.54, 1.807) is 6.07 Å². The van der Waals surface area contributed by atoms with E-state index in [1.807, 2.05) is 6.92 Å². The van der Waals surface area contributed by atoms with Crippen LogP contribution in [0.2, 0.25) is 0 Å². The van der Waals surface area contributed by atoms with Crippen molar-refractivity contribution in [2.24, 2.45) is 22.7 Å². The minimum atomic E-state index is -1.88. The van der Waals surface area contributed by atoms with Gasteiger partial charge in [-0.25, -0.2) is 10.6 Å². The fraction of sp³-hybridized carbons (Fsp3) is 0.827. The lowest BCUT2D eigenvalue weighted by Gasteiger charge is -2.45. The summed E-state index contributed by atoms with van der Waals surface area (Å²) in [6, 6.07) is 4.74. The standard InChI is InChI=1S/C52H94N4O16/c1-5-8-11-12-13-15-20-23-64-34-52(4,35-65-24-21-16-14-17-22-53)36-66-32-38(54)30-56(55)31-41-43(57)45(59)47(61)50(70-41)72-51-48(62)46(60)44(58)42(71-51)33-69-49(63)37-27-39(67-25-18-9-6-2)29-40(28-37)68-26-19-10-7-3/h27-30,41-48,50-51,57-62H,5-26,31-36,53-55H2,1-4H3/b38-30-. The Morgan fingerprint density at radius 3 is 1.62 bits per heavy atom. The molecule has 2 aliphatic heterocycles. The van der Waals surface area contributed by atoms with E-state index in [1.165, 1.54) is 50.4 Å². The molecule has 20 heteroatoms. The van der Waals surface area contributed by atoms with Crippen LogP contribution in [0, 0.1) is 5.41 Å². The van der Waals surface area contributed by atoms with E-state index in [0.717, 1.165) is 82.1 Å². The first-order valence-electron chi connectivity index (χ1n) is 26.7. The largest absolute Gasteiger partial charge is 0.493 e. The summed E-state index contributed by atoms with van der Waals surface area (Å²) >= 11 is 0. The molecule has 2 aliphatic rings. The predicted molar refractivity (Wildman–Crippen MR) is 270 cm³/mol. The molecule has 20 nitrogen and oxygen atoms in total. The van der Waals surface area contributed by atoms with E-state index >= 15 is 0 Å². The van der Waals surface area contributed by atoms with Crippen molar-refractivity contribution in [1.29, 1.82) is 0 Å². The lowest BCUT2D eigenvalue weighted by atomic mass is 9.94. The number of nitrogens with zero attached hydrogens (tertiary/aromatic N) is 1. The van der Waals surface area contributed by atoms with Crippen molar-refractivity contribution < 1.29 is 78.1 Å². The highest BCUT2D eigenvalue weighted by atomic mass is 16.8. The lowest BCUT2D eigenvalue weighted by Crippen LogP contribution is -2.64. The average Bonchev–Trinajstić information content (AvgIpc) is 3.36. The molecule has 11 unspecified atom stereocenters. The SMILES string of the molecule is CCCCCCCCCOCC(C)(COCCCCCCN)COC/C(N)=C/N(N)CC1OC(OC2OC(COC(=O)c3cc(OCCCCC)cc(OCCCCC)c3)C(O)C(O)C2O)C(O)C(O)C1O. The van der Waals surface area contributed by atoms with Crippen LogP contribution in [0.25, 0.3) is 0 Å². The van der Waals surface area contributed by atoms with Gasteiger partial charge in [-0.15, -0.1) is 0 Å². The topological polar surface area (TPSA) is 303 Å². The lowest BCUT2D eigenvalue weighted by molar-refractivity contribution is -0.375.